The Kier molecular flexibility index (Phi) is 4.43. The fourth-order valence-corrected chi connectivity index (χ4v) is 4.04. The average molecular weight is 409 g/mol. The van der Waals surface area contributed by atoms with Crippen molar-refractivity contribution in [2.24, 2.45) is 0 Å². The van der Waals surface area contributed by atoms with Crippen molar-refractivity contribution in [3.05, 3.63) is 116 Å². The highest BCUT2D eigenvalue weighted by molar-refractivity contribution is 5.90. The van der Waals surface area contributed by atoms with Gasteiger partial charge in [-0.05, 0) is 47.5 Å². The van der Waals surface area contributed by atoms with E-state index in [9.17, 15) is 0 Å². The molecule has 32 heavy (non-hydrogen) atoms. The van der Waals surface area contributed by atoms with Crippen LogP contribution in [0.1, 0.15) is 0 Å². The van der Waals surface area contributed by atoms with Gasteiger partial charge in [0.05, 0.1) is 22.4 Å². The van der Waals surface area contributed by atoms with Crippen molar-refractivity contribution in [2.75, 3.05) is 0 Å². The maximum atomic E-state index is 4.93. The van der Waals surface area contributed by atoms with Gasteiger partial charge in [-0.15, -0.1) is 0 Å². The third kappa shape index (κ3) is 3.40. The van der Waals surface area contributed by atoms with Crippen molar-refractivity contribution in [1.82, 2.24) is 15.0 Å². The van der Waals surface area contributed by atoms with Gasteiger partial charge in [0, 0.05) is 34.3 Å². The van der Waals surface area contributed by atoms with Crippen LogP contribution in [-0.2, 0) is 0 Å². The standard InChI is InChI=1S/C29H19N3/c1-2-5-20(6-3-1)26-14-12-21-8-10-23(17-28(21)31-26)24-11-9-22-13-15-27(32-29(22)18-24)25-7-4-16-30-19-25/h1-19H. The largest absolute Gasteiger partial charge is 0.264 e. The van der Waals surface area contributed by atoms with Gasteiger partial charge in [0.2, 0.25) is 0 Å². The van der Waals surface area contributed by atoms with Crippen molar-refractivity contribution in [3.8, 4) is 33.6 Å². The van der Waals surface area contributed by atoms with Gasteiger partial charge >= 0.3 is 0 Å². The Bertz CT molecular complexity index is 1440. The molecule has 0 bridgehead atoms. The van der Waals surface area contributed by atoms with Crippen LogP contribution in [-0.4, -0.2) is 15.0 Å². The van der Waals surface area contributed by atoms with Crippen molar-refractivity contribution >= 4 is 21.8 Å². The van der Waals surface area contributed by atoms with Crippen LogP contribution in [0, 0.1) is 0 Å². The van der Waals surface area contributed by atoms with E-state index in [1.807, 2.05) is 42.6 Å². The first-order chi connectivity index (χ1) is 15.8. The summed E-state index contributed by atoms with van der Waals surface area (Å²) in [6, 6.07) is 35.5. The van der Waals surface area contributed by atoms with Crippen molar-refractivity contribution in [3.63, 3.8) is 0 Å². The Morgan fingerprint density at radius 2 is 1.00 bits per heavy atom. The zero-order valence-electron chi connectivity index (χ0n) is 17.3. The molecule has 3 heteroatoms. The molecule has 0 aliphatic carbocycles. The molecule has 0 aliphatic rings. The predicted molar refractivity (Wildman–Crippen MR) is 131 cm³/mol. The Balaban J connectivity index is 1.43. The first kappa shape index (κ1) is 18.4. The van der Waals surface area contributed by atoms with E-state index in [1.165, 1.54) is 0 Å². The SMILES string of the molecule is c1ccc(-c2ccc3ccc(-c4ccc5ccc(-c6cccnc6)nc5c4)cc3n2)cc1. The summed E-state index contributed by atoms with van der Waals surface area (Å²) in [7, 11) is 0. The molecule has 3 nitrogen and oxygen atoms in total. The summed E-state index contributed by atoms with van der Waals surface area (Å²) >= 11 is 0. The van der Waals surface area contributed by atoms with Gasteiger partial charge in [-0.3, -0.25) is 4.98 Å². The number of hydrogen-bond acceptors (Lipinski definition) is 3. The zero-order chi connectivity index (χ0) is 21.3. The number of benzene rings is 3. The van der Waals surface area contributed by atoms with Crippen LogP contribution in [0.25, 0.3) is 55.4 Å². The molecule has 0 amide bonds. The molecule has 0 aliphatic heterocycles. The van der Waals surface area contributed by atoms with Crippen LogP contribution >= 0.6 is 0 Å². The highest BCUT2D eigenvalue weighted by Crippen LogP contribution is 2.29. The number of pyridine rings is 3. The quantitative estimate of drug-likeness (QED) is 0.311. The molecule has 0 atom stereocenters. The molecule has 0 N–H and O–H groups in total. The van der Waals surface area contributed by atoms with E-state index in [1.54, 1.807) is 6.20 Å². The molecule has 150 valence electrons. The molecular weight excluding hydrogens is 390 g/mol. The Morgan fingerprint density at radius 1 is 0.438 bits per heavy atom. The molecule has 0 radical (unpaired) electrons. The maximum absolute atomic E-state index is 4.93. The first-order valence-corrected chi connectivity index (χ1v) is 10.6. The van der Waals surface area contributed by atoms with Crippen LogP contribution in [0.5, 0.6) is 0 Å². The maximum Gasteiger partial charge on any atom is 0.0725 e. The number of nitrogens with zero attached hydrogens (tertiary/aromatic N) is 3. The predicted octanol–water partition coefficient (Wildman–Crippen LogP) is 7.18. The topological polar surface area (TPSA) is 38.7 Å². The van der Waals surface area contributed by atoms with E-state index < -0.39 is 0 Å². The molecule has 0 saturated carbocycles. The van der Waals surface area contributed by atoms with Gasteiger partial charge in [0.15, 0.2) is 0 Å². The Labute approximate surface area is 186 Å². The summed E-state index contributed by atoms with van der Waals surface area (Å²) in [5, 5.41) is 2.25. The third-order valence-corrected chi connectivity index (χ3v) is 5.74. The summed E-state index contributed by atoms with van der Waals surface area (Å²) in [6.07, 6.45) is 3.62. The van der Waals surface area contributed by atoms with Gasteiger partial charge in [0.25, 0.3) is 0 Å². The van der Waals surface area contributed by atoms with Gasteiger partial charge in [-0.25, -0.2) is 9.97 Å². The summed E-state index contributed by atoms with van der Waals surface area (Å²) in [6.45, 7) is 0. The fourth-order valence-electron chi connectivity index (χ4n) is 4.04. The molecule has 3 aromatic carbocycles. The van der Waals surface area contributed by atoms with Crippen LogP contribution < -0.4 is 0 Å². The van der Waals surface area contributed by atoms with Gasteiger partial charge in [-0.2, -0.15) is 0 Å². The normalized spacial score (nSPS) is 11.1. The molecule has 3 heterocycles. The van der Waals surface area contributed by atoms with E-state index in [0.29, 0.717) is 0 Å². The molecule has 0 fully saturated rings. The van der Waals surface area contributed by atoms with E-state index in [-0.39, 0.29) is 0 Å². The third-order valence-electron chi connectivity index (χ3n) is 5.74. The lowest BCUT2D eigenvalue weighted by molar-refractivity contribution is 1.30. The Hall–Kier alpha value is -4.37. The van der Waals surface area contributed by atoms with Crippen LogP contribution in [0.2, 0.25) is 0 Å². The van der Waals surface area contributed by atoms with E-state index in [4.69, 9.17) is 9.97 Å². The van der Waals surface area contributed by atoms with Crippen molar-refractivity contribution in [2.45, 2.75) is 0 Å². The van der Waals surface area contributed by atoms with E-state index >= 15 is 0 Å². The van der Waals surface area contributed by atoms with E-state index in [0.717, 1.165) is 55.4 Å². The van der Waals surface area contributed by atoms with Crippen LogP contribution in [0.15, 0.2) is 116 Å². The molecule has 0 saturated heterocycles. The fraction of sp³-hybridized carbons (Fsp3) is 0. The summed E-state index contributed by atoms with van der Waals surface area (Å²) in [5.41, 5.74) is 8.26. The van der Waals surface area contributed by atoms with Gasteiger partial charge in [0.1, 0.15) is 0 Å². The number of hydrogen-bond donors (Lipinski definition) is 0. The monoisotopic (exact) mass is 409 g/mol. The average Bonchev–Trinajstić information content (AvgIpc) is 2.88. The van der Waals surface area contributed by atoms with E-state index in [2.05, 4.69) is 71.7 Å². The molecule has 0 unspecified atom stereocenters. The number of rotatable bonds is 3. The summed E-state index contributed by atoms with van der Waals surface area (Å²) in [4.78, 5) is 14.0. The smallest absolute Gasteiger partial charge is 0.0725 e. The minimum atomic E-state index is 0.926. The zero-order valence-corrected chi connectivity index (χ0v) is 17.3. The second-order valence-electron chi connectivity index (χ2n) is 7.82. The van der Waals surface area contributed by atoms with Gasteiger partial charge in [-0.1, -0.05) is 66.7 Å². The lowest BCUT2D eigenvalue weighted by atomic mass is 10.0. The number of aromatic nitrogens is 3. The summed E-state index contributed by atoms with van der Waals surface area (Å²) in [5.74, 6) is 0. The molecular formula is C29H19N3. The second kappa shape index (κ2) is 7.71. The molecule has 0 spiro atoms. The molecule has 3 aromatic heterocycles. The lowest BCUT2D eigenvalue weighted by Crippen LogP contribution is -1.88. The molecule has 6 rings (SSSR count). The van der Waals surface area contributed by atoms with Crippen LogP contribution in [0.4, 0.5) is 0 Å². The number of fused-ring (bicyclic) bond motifs is 2. The minimum Gasteiger partial charge on any atom is -0.264 e. The summed E-state index contributed by atoms with van der Waals surface area (Å²) < 4.78 is 0. The molecule has 6 aromatic rings. The van der Waals surface area contributed by atoms with Crippen molar-refractivity contribution in [1.29, 1.82) is 0 Å². The van der Waals surface area contributed by atoms with Crippen molar-refractivity contribution < 1.29 is 0 Å². The Morgan fingerprint density at radius 3 is 1.59 bits per heavy atom. The lowest BCUT2D eigenvalue weighted by Gasteiger charge is -2.08. The first-order valence-electron chi connectivity index (χ1n) is 10.6. The van der Waals surface area contributed by atoms with Gasteiger partial charge < -0.3 is 0 Å². The van der Waals surface area contributed by atoms with Crippen LogP contribution in [0.3, 0.4) is 0 Å². The highest BCUT2D eigenvalue weighted by Gasteiger charge is 2.07. The second-order valence-corrected chi connectivity index (χ2v) is 7.82. The highest BCUT2D eigenvalue weighted by atomic mass is 14.7. The minimum absolute atomic E-state index is 0.926.